The largest absolute Gasteiger partial charge is 0.489 e. The number of aliphatic hydroxyl groups excluding tert-OH is 1. The molecular weight excluding hydrogens is 558 g/mol. The molecule has 0 fully saturated rings. The number of aliphatic hydroxyl groups is 1. The molecule has 224 valence electrons. The van der Waals surface area contributed by atoms with E-state index < -0.39 is 16.1 Å². The van der Waals surface area contributed by atoms with Crippen molar-refractivity contribution >= 4 is 15.7 Å². The highest BCUT2D eigenvalue weighted by atomic mass is 32.2. The van der Waals surface area contributed by atoms with Gasteiger partial charge in [-0.15, -0.1) is 0 Å². The predicted molar refractivity (Wildman–Crippen MR) is 170 cm³/mol. The van der Waals surface area contributed by atoms with Crippen LogP contribution in [0.1, 0.15) is 42.5 Å². The maximum Gasteiger partial charge on any atom is 0.264 e. The van der Waals surface area contributed by atoms with Gasteiger partial charge < -0.3 is 15.2 Å². The van der Waals surface area contributed by atoms with E-state index >= 15 is 0 Å². The van der Waals surface area contributed by atoms with Gasteiger partial charge in [0, 0.05) is 12.1 Å². The van der Waals surface area contributed by atoms with Crippen molar-refractivity contribution in [3.05, 3.63) is 125 Å². The molecule has 8 heteroatoms. The lowest BCUT2D eigenvalue weighted by atomic mass is 9.95. The van der Waals surface area contributed by atoms with Gasteiger partial charge >= 0.3 is 0 Å². The van der Waals surface area contributed by atoms with Gasteiger partial charge in [0.05, 0.1) is 22.7 Å². The molecule has 0 aromatic heterocycles. The summed E-state index contributed by atoms with van der Waals surface area (Å²) in [4.78, 5) is 0.162. The van der Waals surface area contributed by atoms with E-state index in [-0.39, 0.29) is 34.9 Å². The van der Waals surface area contributed by atoms with Gasteiger partial charge in [-0.05, 0) is 75.1 Å². The molecule has 2 N–H and O–H groups in total. The van der Waals surface area contributed by atoms with Crippen LogP contribution in [0.15, 0.2) is 108 Å². The average Bonchev–Trinajstić information content (AvgIpc) is 3.02. The molecule has 1 atom stereocenters. The van der Waals surface area contributed by atoms with Gasteiger partial charge in [-0.2, -0.15) is 5.26 Å². The van der Waals surface area contributed by atoms with Crippen LogP contribution in [0, 0.1) is 18.3 Å². The lowest BCUT2D eigenvalue weighted by Gasteiger charge is -2.28. The summed E-state index contributed by atoms with van der Waals surface area (Å²) in [5, 5.41) is 24.0. The molecule has 0 aliphatic rings. The normalized spacial score (nSPS) is 12.3. The number of nitrogens with zero attached hydrogens (tertiary/aromatic N) is 2. The lowest BCUT2D eigenvalue weighted by Crippen LogP contribution is -2.45. The first-order valence-corrected chi connectivity index (χ1v) is 15.8. The summed E-state index contributed by atoms with van der Waals surface area (Å²) in [5.41, 5.74) is 3.35. The maximum atomic E-state index is 13.8. The van der Waals surface area contributed by atoms with Crippen LogP contribution in [-0.4, -0.2) is 38.3 Å². The Morgan fingerprint density at radius 2 is 1.56 bits per heavy atom. The highest BCUT2D eigenvalue weighted by Gasteiger charge is 2.26. The molecule has 0 saturated carbocycles. The summed E-state index contributed by atoms with van der Waals surface area (Å²) in [5.74, 6) is 0.279. The highest BCUT2D eigenvalue weighted by molar-refractivity contribution is 7.92. The van der Waals surface area contributed by atoms with Crippen molar-refractivity contribution in [2.24, 2.45) is 0 Å². The molecule has 43 heavy (non-hydrogen) atoms. The number of rotatable bonds is 14. The van der Waals surface area contributed by atoms with Gasteiger partial charge in [-0.3, -0.25) is 4.31 Å². The number of benzene rings is 4. The van der Waals surface area contributed by atoms with Crippen LogP contribution < -0.4 is 14.4 Å². The smallest absolute Gasteiger partial charge is 0.264 e. The molecule has 4 aromatic rings. The molecule has 0 saturated heterocycles. The van der Waals surface area contributed by atoms with Crippen LogP contribution >= 0.6 is 0 Å². The first kappa shape index (κ1) is 31.8. The van der Waals surface area contributed by atoms with Crippen molar-refractivity contribution in [1.29, 1.82) is 5.26 Å². The number of β-amino-alcohol motifs (C(OH)–C–C–N with tert-alkyl or cyclic N) is 1. The summed E-state index contributed by atoms with van der Waals surface area (Å²) in [6.45, 7) is 6.49. The van der Waals surface area contributed by atoms with Crippen molar-refractivity contribution in [2.75, 3.05) is 17.5 Å². The summed E-state index contributed by atoms with van der Waals surface area (Å²) in [7, 11) is -3.94. The Balaban J connectivity index is 1.45. The minimum absolute atomic E-state index is 0.0226. The van der Waals surface area contributed by atoms with Crippen LogP contribution in [0.25, 0.3) is 0 Å². The second-order valence-electron chi connectivity index (χ2n) is 11.3. The standard InChI is InChI=1S/C35H39N3O4S/c1-27-14-17-33(18-15-27)43(40,41)38(25-29-12-8-5-9-13-29)31-16-19-34(30(22-31)23-36)42-26-32(39)24-37-35(2,3)21-20-28-10-6-4-7-11-28/h4-19,22,32,37,39H,20-21,24-26H2,1-3H3/t32-/m1/s1. The third-order valence-corrected chi connectivity index (χ3v) is 9.07. The van der Waals surface area contributed by atoms with Crippen molar-refractivity contribution in [2.45, 2.75) is 56.7 Å². The monoisotopic (exact) mass is 597 g/mol. The highest BCUT2D eigenvalue weighted by Crippen LogP contribution is 2.30. The summed E-state index contributed by atoms with van der Waals surface area (Å²) in [6.07, 6.45) is 1.01. The average molecular weight is 598 g/mol. The van der Waals surface area contributed by atoms with Gasteiger partial charge in [0.25, 0.3) is 10.0 Å². The molecule has 0 aliphatic carbocycles. The zero-order valence-electron chi connectivity index (χ0n) is 24.9. The van der Waals surface area contributed by atoms with Gasteiger partial charge in [-0.1, -0.05) is 78.4 Å². The minimum Gasteiger partial charge on any atom is -0.489 e. The summed E-state index contributed by atoms with van der Waals surface area (Å²) < 4.78 is 34.7. The van der Waals surface area contributed by atoms with Crippen LogP contribution in [0.3, 0.4) is 0 Å². The predicted octanol–water partition coefficient (Wildman–Crippen LogP) is 6.00. The van der Waals surface area contributed by atoms with Crippen molar-refractivity contribution in [3.8, 4) is 11.8 Å². The number of hydrogen-bond acceptors (Lipinski definition) is 6. The molecule has 7 nitrogen and oxygen atoms in total. The van der Waals surface area contributed by atoms with Crippen LogP contribution in [0.2, 0.25) is 0 Å². The Morgan fingerprint density at radius 1 is 0.930 bits per heavy atom. The number of aryl methyl sites for hydroxylation is 2. The number of nitriles is 1. The Morgan fingerprint density at radius 3 is 2.19 bits per heavy atom. The quantitative estimate of drug-likeness (QED) is 0.185. The Labute approximate surface area is 255 Å². The van der Waals surface area contributed by atoms with Gasteiger partial charge in [0.2, 0.25) is 0 Å². The van der Waals surface area contributed by atoms with E-state index in [9.17, 15) is 18.8 Å². The second kappa shape index (κ2) is 14.3. The molecule has 4 rings (SSSR count). The van der Waals surface area contributed by atoms with Crippen molar-refractivity contribution < 1.29 is 18.3 Å². The van der Waals surface area contributed by atoms with Crippen molar-refractivity contribution in [3.63, 3.8) is 0 Å². The third-order valence-electron chi connectivity index (χ3n) is 7.28. The second-order valence-corrected chi connectivity index (χ2v) is 13.2. The minimum atomic E-state index is -3.94. The van der Waals surface area contributed by atoms with Gasteiger partial charge in [0.15, 0.2) is 0 Å². The van der Waals surface area contributed by atoms with E-state index in [1.165, 1.54) is 15.9 Å². The first-order chi connectivity index (χ1) is 20.6. The van der Waals surface area contributed by atoms with Crippen LogP contribution in [0.4, 0.5) is 5.69 Å². The Hall–Kier alpha value is -4.16. The van der Waals surface area contributed by atoms with Gasteiger partial charge in [0.1, 0.15) is 24.5 Å². The van der Waals surface area contributed by atoms with E-state index in [0.29, 0.717) is 12.2 Å². The van der Waals surface area contributed by atoms with Crippen LogP contribution in [0.5, 0.6) is 5.75 Å². The number of ether oxygens (including phenoxy) is 1. The zero-order chi connectivity index (χ0) is 30.9. The molecule has 0 bridgehead atoms. The van der Waals surface area contributed by atoms with Crippen LogP contribution in [-0.2, 0) is 23.0 Å². The molecule has 0 spiro atoms. The summed E-state index contributed by atoms with van der Waals surface area (Å²) in [6, 6.07) is 33.1. The van der Waals surface area contributed by atoms with E-state index in [4.69, 9.17) is 4.74 Å². The lowest BCUT2D eigenvalue weighted by molar-refractivity contribution is 0.0980. The molecule has 0 radical (unpaired) electrons. The number of nitrogens with one attached hydrogen (secondary N) is 1. The fourth-order valence-electron chi connectivity index (χ4n) is 4.62. The maximum absolute atomic E-state index is 13.8. The molecule has 0 unspecified atom stereocenters. The fraction of sp³-hybridized carbons (Fsp3) is 0.286. The molecule has 0 aliphatic heterocycles. The van der Waals surface area contributed by atoms with E-state index in [1.807, 2.05) is 55.5 Å². The van der Waals surface area contributed by atoms with E-state index in [2.05, 4.69) is 37.4 Å². The number of hydrogen-bond donors (Lipinski definition) is 2. The Bertz CT molecular complexity index is 1620. The third kappa shape index (κ3) is 8.91. The molecule has 4 aromatic carbocycles. The van der Waals surface area contributed by atoms with E-state index in [1.54, 1.807) is 36.4 Å². The van der Waals surface area contributed by atoms with E-state index in [0.717, 1.165) is 24.0 Å². The number of sulfonamides is 1. The first-order valence-electron chi connectivity index (χ1n) is 14.3. The summed E-state index contributed by atoms with van der Waals surface area (Å²) >= 11 is 0. The topological polar surface area (TPSA) is 103 Å². The molecular formula is C35H39N3O4S. The SMILES string of the molecule is Cc1ccc(S(=O)(=O)N(Cc2ccccc2)c2ccc(OC[C@H](O)CNC(C)(C)CCc3ccccc3)c(C#N)c2)cc1. The van der Waals surface area contributed by atoms with Crippen molar-refractivity contribution in [1.82, 2.24) is 5.32 Å². The molecule has 0 heterocycles. The Kier molecular flexibility index (Phi) is 10.6. The van der Waals surface area contributed by atoms with Gasteiger partial charge in [-0.25, -0.2) is 8.42 Å². The zero-order valence-corrected chi connectivity index (χ0v) is 25.7. The molecule has 0 amide bonds. The fourth-order valence-corrected chi connectivity index (χ4v) is 6.06. The number of anilines is 1.